The summed E-state index contributed by atoms with van der Waals surface area (Å²) in [4.78, 5) is 11.8. The van der Waals surface area contributed by atoms with E-state index in [1.54, 1.807) is 0 Å². The molecule has 0 spiro atoms. The Balaban J connectivity index is 2.91. The molecule has 1 unspecified atom stereocenters. The van der Waals surface area contributed by atoms with Gasteiger partial charge in [-0.05, 0) is 18.5 Å². The van der Waals surface area contributed by atoms with Crippen LogP contribution in [0.5, 0.6) is 0 Å². The molecule has 0 saturated heterocycles. The molecule has 19 heavy (non-hydrogen) atoms. The number of carboxylic acid groups (broad SMARTS) is 1. The third-order valence-corrected chi connectivity index (χ3v) is 3.08. The maximum absolute atomic E-state index is 11.8. The normalized spacial score (nSPS) is 14.0. The molecule has 0 aliphatic rings. The van der Waals surface area contributed by atoms with E-state index in [1.807, 2.05) is 44.2 Å². The molecule has 0 aromatic heterocycles. The summed E-state index contributed by atoms with van der Waals surface area (Å²) in [5.74, 6) is -0.861. The highest BCUT2D eigenvalue weighted by atomic mass is 16.5. The molecule has 0 radical (unpaired) electrons. The Labute approximate surface area is 114 Å². The van der Waals surface area contributed by atoms with E-state index in [0.717, 1.165) is 12.0 Å². The lowest BCUT2D eigenvalue weighted by molar-refractivity contribution is -0.146. The third-order valence-electron chi connectivity index (χ3n) is 3.08. The van der Waals surface area contributed by atoms with Gasteiger partial charge in [0, 0.05) is 19.6 Å². The Morgan fingerprint density at radius 3 is 2.47 bits per heavy atom. The molecule has 0 heterocycles. The van der Waals surface area contributed by atoms with Gasteiger partial charge in [-0.15, -0.1) is 0 Å². The number of ether oxygens (including phenoxy) is 1. The van der Waals surface area contributed by atoms with Crippen molar-refractivity contribution in [2.75, 3.05) is 19.8 Å². The zero-order chi connectivity index (χ0) is 14.1. The van der Waals surface area contributed by atoms with Crippen molar-refractivity contribution >= 4 is 5.97 Å². The quantitative estimate of drug-likeness (QED) is 0.673. The van der Waals surface area contributed by atoms with Gasteiger partial charge in [0.1, 0.15) is 5.54 Å². The molecular weight excluding hydrogens is 242 g/mol. The molecule has 4 nitrogen and oxygen atoms in total. The van der Waals surface area contributed by atoms with Gasteiger partial charge >= 0.3 is 5.97 Å². The molecule has 1 aromatic rings. The molecule has 0 amide bonds. The number of benzene rings is 1. The molecule has 2 N–H and O–H groups in total. The topological polar surface area (TPSA) is 58.6 Å². The molecule has 0 aliphatic heterocycles. The van der Waals surface area contributed by atoms with Crippen LogP contribution < -0.4 is 5.32 Å². The van der Waals surface area contributed by atoms with Crippen molar-refractivity contribution in [1.29, 1.82) is 0 Å². The zero-order valence-corrected chi connectivity index (χ0v) is 11.7. The summed E-state index contributed by atoms with van der Waals surface area (Å²) < 4.78 is 5.45. The summed E-state index contributed by atoms with van der Waals surface area (Å²) in [5.41, 5.74) is -0.298. The van der Waals surface area contributed by atoms with E-state index < -0.39 is 11.5 Å². The van der Waals surface area contributed by atoms with Crippen LogP contribution in [0.15, 0.2) is 30.3 Å². The van der Waals surface area contributed by atoms with E-state index in [1.165, 1.54) is 0 Å². The summed E-state index contributed by atoms with van der Waals surface area (Å²) in [5, 5.41) is 12.8. The first-order valence-electron chi connectivity index (χ1n) is 6.79. The highest BCUT2D eigenvalue weighted by Gasteiger charge is 2.39. The maximum Gasteiger partial charge on any atom is 0.328 e. The van der Waals surface area contributed by atoms with Crippen LogP contribution in [0.2, 0.25) is 0 Å². The van der Waals surface area contributed by atoms with Crippen molar-refractivity contribution in [3.8, 4) is 0 Å². The predicted octanol–water partition coefficient (Wildman–Crippen LogP) is 2.39. The van der Waals surface area contributed by atoms with Crippen molar-refractivity contribution in [2.24, 2.45) is 0 Å². The molecule has 1 atom stereocenters. The van der Waals surface area contributed by atoms with Crippen LogP contribution in [0.25, 0.3) is 0 Å². The van der Waals surface area contributed by atoms with Crippen LogP contribution in [-0.2, 0) is 15.1 Å². The molecule has 0 bridgehead atoms. The summed E-state index contributed by atoms with van der Waals surface area (Å²) >= 11 is 0. The number of carboxylic acids is 1. The summed E-state index contributed by atoms with van der Waals surface area (Å²) in [7, 11) is 0. The van der Waals surface area contributed by atoms with Gasteiger partial charge in [-0.2, -0.15) is 0 Å². The number of aliphatic carboxylic acids is 1. The van der Waals surface area contributed by atoms with Crippen LogP contribution in [0.3, 0.4) is 0 Å². The number of hydrogen-bond donors (Lipinski definition) is 2. The highest BCUT2D eigenvalue weighted by Crippen LogP contribution is 2.25. The van der Waals surface area contributed by atoms with E-state index >= 15 is 0 Å². The van der Waals surface area contributed by atoms with Gasteiger partial charge in [-0.3, -0.25) is 5.32 Å². The molecule has 0 aliphatic carbocycles. The average Bonchev–Trinajstić information content (AvgIpc) is 2.43. The standard InChI is InChI=1S/C15H23NO3/c1-3-11-19-12-10-15(14(17)18,16-4-2)13-8-6-5-7-9-13/h5-9,16H,3-4,10-12H2,1-2H3,(H,17,18). The fraction of sp³-hybridized carbons (Fsp3) is 0.533. The van der Waals surface area contributed by atoms with Crippen molar-refractivity contribution in [2.45, 2.75) is 32.2 Å². The SMILES string of the molecule is CCCOCCC(NCC)(C(=O)O)c1ccccc1. The first-order chi connectivity index (χ1) is 9.17. The Morgan fingerprint density at radius 2 is 1.95 bits per heavy atom. The Kier molecular flexibility index (Phi) is 6.53. The number of rotatable bonds is 9. The van der Waals surface area contributed by atoms with Crippen molar-refractivity contribution in [3.63, 3.8) is 0 Å². The second kappa shape index (κ2) is 7.92. The van der Waals surface area contributed by atoms with E-state index in [9.17, 15) is 9.90 Å². The van der Waals surface area contributed by atoms with E-state index in [2.05, 4.69) is 5.32 Å². The van der Waals surface area contributed by atoms with Gasteiger partial charge < -0.3 is 9.84 Å². The van der Waals surface area contributed by atoms with Crippen molar-refractivity contribution in [3.05, 3.63) is 35.9 Å². The highest BCUT2D eigenvalue weighted by molar-refractivity contribution is 5.80. The van der Waals surface area contributed by atoms with E-state index in [4.69, 9.17) is 4.74 Å². The number of nitrogens with one attached hydrogen (secondary N) is 1. The largest absolute Gasteiger partial charge is 0.480 e. The minimum atomic E-state index is -1.07. The number of likely N-dealkylation sites (N-methyl/N-ethyl adjacent to an activating group) is 1. The van der Waals surface area contributed by atoms with Crippen LogP contribution in [0.4, 0.5) is 0 Å². The summed E-state index contributed by atoms with van der Waals surface area (Å²) in [6.07, 6.45) is 1.35. The Morgan fingerprint density at radius 1 is 1.26 bits per heavy atom. The summed E-state index contributed by atoms with van der Waals surface area (Å²) in [6.45, 7) is 5.63. The van der Waals surface area contributed by atoms with Crippen LogP contribution in [-0.4, -0.2) is 30.8 Å². The van der Waals surface area contributed by atoms with Crippen LogP contribution in [0, 0.1) is 0 Å². The minimum Gasteiger partial charge on any atom is -0.480 e. The third kappa shape index (κ3) is 4.04. The van der Waals surface area contributed by atoms with Gasteiger partial charge in [0.25, 0.3) is 0 Å². The molecule has 1 aromatic carbocycles. The van der Waals surface area contributed by atoms with Gasteiger partial charge in [-0.25, -0.2) is 4.79 Å². The van der Waals surface area contributed by atoms with E-state index in [-0.39, 0.29) is 0 Å². The zero-order valence-electron chi connectivity index (χ0n) is 11.7. The van der Waals surface area contributed by atoms with Gasteiger partial charge in [0.15, 0.2) is 0 Å². The second-order valence-corrected chi connectivity index (χ2v) is 4.47. The molecule has 106 valence electrons. The first-order valence-corrected chi connectivity index (χ1v) is 6.79. The second-order valence-electron chi connectivity index (χ2n) is 4.47. The fourth-order valence-electron chi connectivity index (χ4n) is 2.14. The molecule has 4 heteroatoms. The van der Waals surface area contributed by atoms with Crippen LogP contribution >= 0.6 is 0 Å². The number of carbonyl (C=O) groups is 1. The molecule has 0 fully saturated rings. The van der Waals surface area contributed by atoms with Gasteiger partial charge in [0.05, 0.1) is 0 Å². The number of hydrogen-bond acceptors (Lipinski definition) is 3. The molecule has 0 saturated carbocycles. The fourth-order valence-corrected chi connectivity index (χ4v) is 2.14. The lowest BCUT2D eigenvalue weighted by Crippen LogP contribution is -2.50. The van der Waals surface area contributed by atoms with Crippen molar-refractivity contribution < 1.29 is 14.6 Å². The van der Waals surface area contributed by atoms with Gasteiger partial charge in [0.2, 0.25) is 0 Å². The van der Waals surface area contributed by atoms with Gasteiger partial charge in [-0.1, -0.05) is 44.2 Å². The van der Waals surface area contributed by atoms with E-state index in [0.29, 0.717) is 26.2 Å². The Bertz CT molecular complexity index is 380. The predicted molar refractivity (Wildman–Crippen MR) is 75.2 cm³/mol. The lowest BCUT2D eigenvalue weighted by Gasteiger charge is -2.30. The first kappa shape index (κ1) is 15.7. The van der Waals surface area contributed by atoms with Crippen molar-refractivity contribution in [1.82, 2.24) is 5.32 Å². The molecular formula is C15H23NO3. The lowest BCUT2D eigenvalue weighted by atomic mass is 9.86. The molecule has 1 rings (SSSR count). The monoisotopic (exact) mass is 265 g/mol. The minimum absolute atomic E-state index is 0.417. The average molecular weight is 265 g/mol. The Hall–Kier alpha value is -1.39. The maximum atomic E-state index is 11.8. The van der Waals surface area contributed by atoms with Crippen LogP contribution in [0.1, 0.15) is 32.3 Å². The summed E-state index contributed by atoms with van der Waals surface area (Å²) in [6, 6.07) is 9.29. The smallest absolute Gasteiger partial charge is 0.328 e.